The Morgan fingerprint density at radius 3 is 1.26 bits per heavy atom. The Balaban J connectivity index is 1.17. The molecular weight excluding hydrogens is 1190 g/mol. The first kappa shape index (κ1) is 60.5. The monoisotopic (exact) mass is 1230 g/mol. The van der Waals surface area contributed by atoms with Crippen LogP contribution < -0.4 is 26.2 Å². The molecule has 0 unspecified atom stereocenters. The lowest BCUT2D eigenvalue weighted by atomic mass is 10.1. The summed E-state index contributed by atoms with van der Waals surface area (Å²) in [5, 5.41) is 2.84. The molecule has 0 atom stereocenters. The van der Waals surface area contributed by atoms with E-state index >= 15 is 0 Å². The van der Waals surface area contributed by atoms with E-state index in [0.29, 0.717) is 23.3 Å². The topological polar surface area (TPSA) is 265 Å². The quantitative estimate of drug-likeness (QED) is 0.0144. The van der Waals surface area contributed by atoms with E-state index in [1.54, 1.807) is 13.8 Å². The Morgan fingerprint density at radius 1 is 0.420 bits per heavy atom. The van der Waals surface area contributed by atoms with Crippen molar-refractivity contribution in [3.63, 3.8) is 0 Å². The molecule has 0 aromatic heterocycles. The minimum atomic E-state index is -5.93. The van der Waals surface area contributed by atoms with Crippen molar-refractivity contribution < 1.29 is 104 Å². The summed E-state index contributed by atoms with van der Waals surface area (Å²) in [7, 11) is -26.2. The summed E-state index contributed by atoms with van der Waals surface area (Å²) in [5.74, 6) is -6.02. The number of aryl methyl sites for hydroxylation is 2. The molecule has 19 nitrogen and oxygen atoms in total. The van der Waals surface area contributed by atoms with Crippen LogP contribution in [0.15, 0.2) is 193 Å². The highest BCUT2D eigenvalue weighted by Gasteiger charge is 2.41. The minimum absolute atomic E-state index is 0.0274. The van der Waals surface area contributed by atoms with Crippen molar-refractivity contribution in [2.24, 2.45) is 5.16 Å². The summed E-state index contributed by atoms with van der Waals surface area (Å²) in [5.41, 5.74) is -2.12. The maximum absolute atomic E-state index is 14.6. The van der Waals surface area contributed by atoms with Crippen molar-refractivity contribution in [3.8, 4) is 34.5 Å². The van der Waals surface area contributed by atoms with Gasteiger partial charge in [-0.3, -0.25) is 9.08 Å². The summed E-state index contributed by atoms with van der Waals surface area (Å²) in [4.78, 5) is 7.04. The van der Waals surface area contributed by atoms with Crippen LogP contribution in [0.5, 0.6) is 34.5 Å². The molecule has 0 aliphatic rings. The molecule has 0 radical (unpaired) electrons. The van der Waals surface area contributed by atoms with Crippen LogP contribution in [0.4, 0.5) is 26.3 Å². The molecule has 0 aliphatic heterocycles. The molecule has 0 saturated carbocycles. The number of rotatable bonds is 23. The van der Waals surface area contributed by atoms with Gasteiger partial charge in [0.25, 0.3) is 5.78 Å². The largest absolute Gasteiger partial charge is 0.493 e. The molecule has 0 saturated heterocycles. The third kappa shape index (κ3) is 15.4. The molecule has 30 heteroatoms. The molecule has 7 aromatic rings. The third-order valence-electron chi connectivity index (χ3n) is 10.7. The molecule has 0 amide bonds. The average Bonchev–Trinajstić information content (AvgIpc) is 3.48. The number of carbonyl (C=O) groups excluding carboxylic acids is 1. The van der Waals surface area contributed by atoms with Gasteiger partial charge in [-0.2, -0.15) is 68.4 Å². The van der Waals surface area contributed by atoms with E-state index in [9.17, 15) is 73.2 Å². The number of nitrogens with zero attached hydrogens (tertiary/aromatic N) is 1. The van der Waals surface area contributed by atoms with Crippen LogP contribution in [0, 0.1) is 13.8 Å². The Morgan fingerprint density at radius 2 is 0.815 bits per heavy atom. The Hall–Kier alpha value is -8.19. The number of oxime groups is 1. The van der Waals surface area contributed by atoms with Crippen LogP contribution in [0.1, 0.15) is 33.5 Å². The predicted octanol–water partition coefficient (Wildman–Crippen LogP) is 9.64. The van der Waals surface area contributed by atoms with Crippen molar-refractivity contribution in [2.45, 2.75) is 57.1 Å². The molecule has 0 aliphatic carbocycles. The first-order chi connectivity index (χ1) is 37.8. The number of Topliss-reactive ketones (excluding diaryl/α,β-unsaturated/α-hetero) is 1. The maximum atomic E-state index is 14.6. The van der Waals surface area contributed by atoms with Crippen LogP contribution in [0.3, 0.4) is 0 Å². The highest BCUT2D eigenvalue weighted by Crippen LogP contribution is 2.38. The van der Waals surface area contributed by atoms with Gasteiger partial charge >= 0.3 is 62.9 Å². The Labute approximate surface area is 459 Å². The highest BCUT2D eigenvalue weighted by molar-refractivity contribution is 7.89. The summed E-state index contributed by atoms with van der Waals surface area (Å²) in [6, 6.07) is 27.5. The molecule has 7 aromatic carbocycles. The number of carbonyl (C=O) groups is 1. The number of ether oxygens (including phenoxy) is 2. The third-order valence-corrected chi connectivity index (χ3v) is 16.9. The van der Waals surface area contributed by atoms with Crippen LogP contribution in [0.25, 0.3) is 0 Å². The summed E-state index contributed by atoms with van der Waals surface area (Å²) in [6.07, 6.45) is -10.4. The Kier molecular flexibility index (Phi) is 17.8. The van der Waals surface area contributed by atoms with Crippen molar-refractivity contribution in [1.29, 1.82) is 0 Å². The van der Waals surface area contributed by atoms with Gasteiger partial charge < -0.3 is 26.2 Å². The van der Waals surface area contributed by atoms with E-state index in [2.05, 4.69) is 9.44 Å². The molecular formula is C51H39F6NO18S5. The van der Waals surface area contributed by atoms with E-state index in [-0.39, 0.29) is 42.1 Å². The molecule has 0 bridgehead atoms. The minimum Gasteiger partial charge on any atom is -0.493 e. The molecule has 7 rings (SSSR count). The van der Waals surface area contributed by atoms with Gasteiger partial charge in [0, 0.05) is 23.6 Å². The molecule has 81 heavy (non-hydrogen) atoms. The lowest BCUT2D eigenvalue weighted by molar-refractivity contribution is -0.0885. The molecule has 0 heterocycles. The van der Waals surface area contributed by atoms with Crippen LogP contribution in [-0.2, 0) is 54.9 Å². The second-order valence-corrected chi connectivity index (χ2v) is 24.3. The number of hydrogen-bond donors (Lipinski definition) is 0. The second kappa shape index (κ2) is 23.9. The van der Waals surface area contributed by atoms with Gasteiger partial charge in [0.05, 0.1) is 13.2 Å². The van der Waals surface area contributed by atoms with Gasteiger partial charge in [0.1, 0.15) is 36.8 Å². The van der Waals surface area contributed by atoms with E-state index < -0.39 is 128 Å². The summed E-state index contributed by atoms with van der Waals surface area (Å²) < 4.78 is 255. The van der Waals surface area contributed by atoms with Crippen LogP contribution in [-0.4, -0.2) is 79.2 Å². The van der Waals surface area contributed by atoms with Crippen LogP contribution in [0.2, 0.25) is 0 Å². The van der Waals surface area contributed by atoms with Gasteiger partial charge in [-0.15, -0.1) is 0 Å². The first-order valence-electron chi connectivity index (χ1n) is 22.7. The molecule has 0 spiro atoms. The fourth-order valence-electron chi connectivity index (χ4n) is 6.74. The zero-order valence-electron chi connectivity index (χ0n) is 41.3. The smallest absolute Gasteiger partial charge is 0.454 e. The Bertz CT molecular complexity index is 4070. The molecule has 0 N–H and O–H groups in total. The lowest BCUT2D eigenvalue weighted by Crippen LogP contribution is -2.25. The summed E-state index contributed by atoms with van der Waals surface area (Å²) in [6.45, 7) is 3.15. The van der Waals surface area contributed by atoms with Gasteiger partial charge in [0.2, 0.25) is 0 Å². The van der Waals surface area contributed by atoms with Gasteiger partial charge in [0.15, 0.2) is 27.9 Å². The first-order valence-corrected chi connectivity index (χ1v) is 29.8. The van der Waals surface area contributed by atoms with E-state index in [1.807, 2.05) is 0 Å². The fourth-order valence-corrected chi connectivity index (χ4v) is 11.8. The number of ketones is 1. The van der Waals surface area contributed by atoms with E-state index in [1.165, 1.54) is 42.5 Å². The van der Waals surface area contributed by atoms with Crippen molar-refractivity contribution >= 4 is 62.1 Å². The van der Waals surface area contributed by atoms with Gasteiger partial charge in [-0.25, -0.2) is 0 Å². The van der Waals surface area contributed by atoms with E-state index in [4.69, 9.17) is 26.2 Å². The highest BCUT2D eigenvalue weighted by atomic mass is 32.2. The van der Waals surface area contributed by atoms with Crippen molar-refractivity contribution in [1.82, 2.24) is 0 Å². The zero-order chi connectivity index (χ0) is 59.2. The SMILES string of the molecule is Cc1ccc(S(=O)(=O)Oc2ccccc2S(=O)(=O)Oc2ccc(OS(=O)(=O)c3ccccc3OS(=O)(=O)c3ccc(C)cc3)c(S(=O)(=O)ON=C(c3ccc(OCCCOc4ccc(C(=O)C(F)(F)F)cc4)cc3)C(F)(F)F)c2)cc1. The van der Waals surface area contributed by atoms with Crippen LogP contribution >= 0.6 is 0 Å². The second-order valence-electron chi connectivity index (χ2n) is 16.7. The number of alkyl halides is 6. The normalized spacial score (nSPS) is 12.7. The predicted molar refractivity (Wildman–Crippen MR) is 273 cm³/mol. The average molecular weight is 1230 g/mol. The van der Waals surface area contributed by atoms with E-state index in [0.717, 1.165) is 103 Å². The van der Waals surface area contributed by atoms with Gasteiger partial charge in [-0.05, 0) is 123 Å². The standard InChI is InChI=1S/C51H39F6NO18S5/c1-33-12-25-40(26-13-33)77(60,61)73-42-8-3-5-10-45(42)79(64,65)72-39-24-29-44(75-80(66,67)46-11-6-4-9-43(46)74-78(62,63)41-27-14-34(2)15-28-41)47(32-39)81(68,69)76-58-48(50(52,53)54)35-16-20-37(21-17-35)70-30-7-31-71-38-22-18-36(19-23-38)49(59)51(55,56)57/h3-6,8-29,32H,7,30-31H2,1-2H3. The fraction of sp³-hybridized carbons (Fsp3) is 0.137. The lowest BCUT2D eigenvalue weighted by Gasteiger charge is -2.16. The number of benzene rings is 7. The summed E-state index contributed by atoms with van der Waals surface area (Å²) >= 11 is 0. The maximum Gasteiger partial charge on any atom is 0.454 e. The molecule has 428 valence electrons. The molecule has 0 fully saturated rings. The zero-order valence-corrected chi connectivity index (χ0v) is 45.4. The van der Waals surface area contributed by atoms with Gasteiger partial charge in [-0.1, -0.05) is 64.8 Å². The number of hydrogen-bond acceptors (Lipinski definition) is 19. The van der Waals surface area contributed by atoms with Crippen molar-refractivity contribution in [3.05, 3.63) is 186 Å². The number of para-hydroxylation sites is 2. The van der Waals surface area contributed by atoms with Crippen molar-refractivity contribution in [2.75, 3.05) is 13.2 Å². The number of halogens is 6.